The van der Waals surface area contributed by atoms with Gasteiger partial charge in [-0.3, -0.25) is 4.72 Å². The van der Waals surface area contributed by atoms with Crippen molar-refractivity contribution in [1.29, 1.82) is 0 Å². The van der Waals surface area contributed by atoms with Gasteiger partial charge in [0.25, 0.3) is 10.0 Å². The molecule has 2 aromatic heterocycles. The van der Waals surface area contributed by atoms with Crippen LogP contribution in [0, 0.1) is 0 Å². The number of nitrogens with zero attached hydrogens (tertiary/aromatic N) is 2. The Labute approximate surface area is 128 Å². The van der Waals surface area contributed by atoms with Gasteiger partial charge in [0.05, 0.1) is 5.69 Å². The zero-order valence-electron chi connectivity index (χ0n) is 11.8. The van der Waals surface area contributed by atoms with Gasteiger partial charge in [0.2, 0.25) is 0 Å². The van der Waals surface area contributed by atoms with E-state index in [0.717, 1.165) is 37.1 Å². The molecular weight excluding hydrogens is 308 g/mol. The van der Waals surface area contributed by atoms with Crippen LogP contribution < -0.4 is 10.5 Å². The van der Waals surface area contributed by atoms with Gasteiger partial charge in [0.1, 0.15) is 4.90 Å². The lowest BCUT2D eigenvalue weighted by molar-refractivity contribution is 0.601. The number of sulfonamides is 1. The average Bonchev–Trinajstić information content (AvgIpc) is 3.00. The Morgan fingerprint density at radius 3 is 2.86 bits per heavy atom. The highest BCUT2D eigenvalue weighted by molar-refractivity contribution is 7.93. The topological polar surface area (TPSA) is 90.0 Å². The number of aromatic nitrogens is 2. The normalized spacial score (nSPS) is 15.0. The van der Waals surface area contributed by atoms with Gasteiger partial charge in [0, 0.05) is 30.4 Å². The van der Waals surface area contributed by atoms with Crippen LogP contribution in [-0.2, 0) is 36.5 Å². The fraction of sp³-hybridized carbons (Fsp3) is 0.462. The third-order valence-corrected chi connectivity index (χ3v) is 6.18. The number of rotatable bonds is 4. The molecule has 21 heavy (non-hydrogen) atoms. The standard InChI is InChI=1S/C13H18N4O2S2/c1-17-8-10(6-9(17)7-14)21(18,19)16-13-15-11-4-2-3-5-12(11)20-13/h6,8H,2-5,7,14H2,1H3,(H,15,16). The number of nitrogens with two attached hydrogens (primary N) is 1. The van der Waals surface area contributed by atoms with Gasteiger partial charge in [-0.25, -0.2) is 13.4 Å². The monoisotopic (exact) mass is 326 g/mol. The summed E-state index contributed by atoms with van der Waals surface area (Å²) in [6.45, 7) is 0.303. The zero-order valence-corrected chi connectivity index (χ0v) is 13.4. The number of nitrogens with one attached hydrogen (secondary N) is 1. The maximum absolute atomic E-state index is 12.4. The lowest BCUT2D eigenvalue weighted by Gasteiger charge is -2.06. The number of fused-ring (bicyclic) bond motifs is 1. The molecule has 0 unspecified atom stereocenters. The average molecular weight is 326 g/mol. The Bertz CT molecular complexity index is 738. The van der Waals surface area contributed by atoms with E-state index in [1.165, 1.54) is 16.2 Å². The molecular formula is C13H18N4O2S2. The van der Waals surface area contributed by atoms with E-state index in [4.69, 9.17) is 5.73 Å². The molecule has 8 heteroatoms. The number of aryl methyl sites for hydroxylation is 3. The maximum Gasteiger partial charge on any atom is 0.265 e. The van der Waals surface area contributed by atoms with Crippen LogP contribution in [0.25, 0.3) is 0 Å². The zero-order chi connectivity index (χ0) is 15.0. The smallest absolute Gasteiger partial charge is 0.265 e. The van der Waals surface area contributed by atoms with Crippen LogP contribution >= 0.6 is 11.3 Å². The molecule has 0 fully saturated rings. The number of hydrogen-bond acceptors (Lipinski definition) is 5. The lowest BCUT2D eigenvalue weighted by Crippen LogP contribution is -2.12. The largest absolute Gasteiger partial charge is 0.352 e. The Morgan fingerprint density at radius 1 is 1.43 bits per heavy atom. The van der Waals surface area contributed by atoms with Crippen molar-refractivity contribution < 1.29 is 8.42 Å². The molecule has 6 nitrogen and oxygen atoms in total. The molecule has 3 N–H and O–H groups in total. The van der Waals surface area contributed by atoms with Crippen molar-refractivity contribution in [1.82, 2.24) is 9.55 Å². The molecule has 0 spiro atoms. The van der Waals surface area contributed by atoms with Crippen molar-refractivity contribution in [2.24, 2.45) is 12.8 Å². The van der Waals surface area contributed by atoms with Gasteiger partial charge in [-0.2, -0.15) is 0 Å². The van der Waals surface area contributed by atoms with Crippen LogP contribution in [0.3, 0.4) is 0 Å². The summed E-state index contributed by atoms with van der Waals surface area (Å²) >= 11 is 1.44. The van der Waals surface area contributed by atoms with Crippen molar-refractivity contribution in [3.05, 3.63) is 28.5 Å². The van der Waals surface area contributed by atoms with E-state index in [1.54, 1.807) is 23.9 Å². The Hall–Kier alpha value is -1.38. The van der Waals surface area contributed by atoms with Crippen molar-refractivity contribution in [3.8, 4) is 0 Å². The molecule has 1 aliphatic rings. The Kier molecular flexibility index (Phi) is 3.76. The maximum atomic E-state index is 12.4. The van der Waals surface area contributed by atoms with Gasteiger partial charge in [0.15, 0.2) is 5.13 Å². The van der Waals surface area contributed by atoms with Crippen LogP contribution in [-0.4, -0.2) is 18.0 Å². The summed E-state index contributed by atoms with van der Waals surface area (Å²) in [7, 11) is -1.82. The summed E-state index contributed by atoms with van der Waals surface area (Å²) in [6, 6.07) is 1.59. The molecule has 0 amide bonds. The van der Waals surface area contributed by atoms with E-state index in [1.807, 2.05) is 0 Å². The molecule has 0 saturated heterocycles. The molecule has 114 valence electrons. The van der Waals surface area contributed by atoms with Crippen LogP contribution in [0.5, 0.6) is 0 Å². The molecule has 3 rings (SSSR count). The first kappa shape index (κ1) is 14.6. The third kappa shape index (κ3) is 2.83. The van der Waals surface area contributed by atoms with E-state index < -0.39 is 10.0 Å². The van der Waals surface area contributed by atoms with Gasteiger partial charge < -0.3 is 10.3 Å². The van der Waals surface area contributed by atoms with Gasteiger partial charge in [-0.05, 0) is 31.7 Å². The van der Waals surface area contributed by atoms with E-state index in [9.17, 15) is 8.42 Å². The minimum Gasteiger partial charge on any atom is -0.352 e. The molecule has 1 aliphatic carbocycles. The first-order chi connectivity index (χ1) is 9.99. The molecule has 0 atom stereocenters. The highest BCUT2D eigenvalue weighted by Gasteiger charge is 2.21. The minimum atomic E-state index is -3.60. The van der Waals surface area contributed by atoms with Crippen molar-refractivity contribution >= 4 is 26.5 Å². The SMILES string of the molecule is Cn1cc(S(=O)(=O)Nc2nc3c(s2)CCCC3)cc1CN. The summed E-state index contributed by atoms with van der Waals surface area (Å²) in [5.41, 5.74) is 7.39. The second-order valence-corrected chi connectivity index (χ2v) is 7.95. The summed E-state index contributed by atoms with van der Waals surface area (Å²) < 4.78 is 29.1. The Morgan fingerprint density at radius 2 is 2.19 bits per heavy atom. The second-order valence-electron chi connectivity index (χ2n) is 5.18. The van der Waals surface area contributed by atoms with E-state index in [2.05, 4.69) is 9.71 Å². The van der Waals surface area contributed by atoms with Crippen molar-refractivity contribution in [2.45, 2.75) is 37.1 Å². The van der Waals surface area contributed by atoms with Crippen LogP contribution in [0.1, 0.15) is 29.1 Å². The number of thiazole rings is 1. The first-order valence-electron chi connectivity index (χ1n) is 6.86. The molecule has 0 radical (unpaired) electrons. The summed E-state index contributed by atoms with van der Waals surface area (Å²) in [5.74, 6) is 0. The molecule has 0 aromatic carbocycles. The predicted octanol–water partition coefficient (Wildman–Crippen LogP) is 1.62. The fourth-order valence-electron chi connectivity index (χ4n) is 2.50. The molecule has 0 bridgehead atoms. The van der Waals surface area contributed by atoms with E-state index in [0.29, 0.717) is 11.7 Å². The predicted molar refractivity (Wildman–Crippen MR) is 82.9 cm³/mol. The fourth-order valence-corrected chi connectivity index (χ4v) is 4.87. The van der Waals surface area contributed by atoms with Crippen molar-refractivity contribution in [3.63, 3.8) is 0 Å². The third-order valence-electron chi connectivity index (χ3n) is 3.67. The summed E-state index contributed by atoms with van der Waals surface area (Å²) in [4.78, 5) is 5.83. The highest BCUT2D eigenvalue weighted by atomic mass is 32.2. The van der Waals surface area contributed by atoms with Gasteiger partial charge >= 0.3 is 0 Å². The van der Waals surface area contributed by atoms with Crippen LogP contribution in [0.2, 0.25) is 0 Å². The number of hydrogen-bond donors (Lipinski definition) is 2. The summed E-state index contributed by atoms with van der Waals surface area (Å²) in [6.07, 6.45) is 5.78. The van der Waals surface area contributed by atoms with E-state index >= 15 is 0 Å². The molecule has 2 aromatic rings. The molecule has 0 saturated carbocycles. The quantitative estimate of drug-likeness (QED) is 0.893. The van der Waals surface area contributed by atoms with Gasteiger partial charge in [-0.15, -0.1) is 11.3 Å². The van der Waals surface area contributed by atoms with Crippen molar-refractivity contribution in [2.75, 3.05) is 4.72 Å². The first-order valence-corrected chi connectivity index (χ1v) is 9.16. The molecule has 2 heterocycles. The Balaban J connectivity index is 1.86. The van der Waals surface area contributed by atoms with Crippen LogP contribution in [0.15, 0.2) is 17.2 Å². The van der Waals surface area contributed by atoms with Crippen LogP contribution in [0.4, 0.5) is 5.13 Å². The molecule has 0 aliphatic heterocycles. The second kappa shape index (κ2) is 5.43. The van der Waals surface area contributed by atoms with Gasteiger partial charge in [-0.1, -0.05) is 0 Å². The lowest BCUT2D eigenvalue weighted by atomic mass is 10.0. The minimum absolute atomic E-state index is 0.221. The summed E-state index contributed by atoms with van der Waals surface area (Å²) in [5, 5.41) is 0.458. The highest BCUT2D eigenvalue weighted by Crippen LogP contribution is 2.30. The number of anilines is 1. The van der Waals surface area contributed by atoms with E-state index in [-0.39, 0.29) is 4.90 Å².